The molecule has 2 heterocycles. The Hall–Kier alpha value is -3.38. The number of aromatic nitrogens is 2. The van der Waals surface area contributed by atoms with E-state index in [1.807, 2.05) is 80.1 Å². The third-order valence-corrected chi connectivity index (χ3v) is 5.27. The van der Waals surface area contributed by atoms with Crippen LogP contribution in [0, 0.1) is 20.8 Å². The summed E-state index contributed by atoms with van der Waals surface area (Å²) in [5.74, 6) is 0.691. The lowest BCUT2D eigenvalue weighted by Crippen LogP contribution is -2.30. The lowest BCUT2D eigenvalue weighted by atomic mass is 10.2. The van der Waals surface area contributed by atoms with Gasteiger partial charge in [0.05, 0.1) is 35.3 Å². The molecule has 30 heavy (non-hydrogen) atoms. The zero-order valence-electron chi connectivity index (χ0n) is 17.7. The van der Waals surface area contributed by atoms with Gasteiger partial charge in [0.2, 0.25) is 5.91 Å². The van der Waals surface area contributed by atoms with E-state index in [4.69, 9.17) is 4.42 Å². The van der Waals surface area contributed by atoms with Crippen molar-refractivity contribution in [1.82, 2.24) is 15.1 Å². The first-order valence-electron chi connectivity index (χ1n) is 10.1. The van der Waals surface area contributed by atoms with E-state index in [9.17, 15) is 4.79 Å². The van der Waals surface area contributed by atoms with Crippen molar-refractivity contribution in [3.8, 4) is 5.69 Å². The van der Waals surface area contributed by atoms with Crippen molar-refractivity contribution in [2.75, 3.05) is 11.9 Å². The maximum Gasteiger partial charge on any atom is 0.238 e. The van der Waals surface area contributed by atoms with Crippen molar-refractivity contribution in [3.05, 3.63) is 77.3 Å². The van der Waals surface area contributed by atoms with Crippen LogP contribution in [0.5, 0.6) is 0 Å². The van der Waals surface area contributed by atoms with Gasteiger partial charge in [0, 0.05) is 5.39 Å². The second-order valence-electron chi connectivity index (χ2n) is 7.63. The Balaban J connectivity index is 1.42. The van der Waals surface area contributed by atoms with Crippen LogP contribution in [0.1, 0.15) is 35.7 Å². The number of carbonyl (C=O) groups excluding carboxylic acids is 1. The second kappa shape index (κ2) is 8.16. The van der Waals surface area contributed by atoms with Gasteiger partial charge in [-0.15, -0.1) is 0 Å². The normalized spacial score (nSPS) is 12.3. The van der Waals surface area contributed by atoms with Gasteiger partial charge in [-0.2, -0.15) is 5.10 Å². The van der Waals surface area contributed by atoms with Gasteiger partial charge in [-0.3, -0.25) is 10.1 Å². The minimum absolute atomic E-state index is 0.0828. The zero-order valence-corrected chi connectivity index (χ0v) is 17.7. The fourth-order valence-corrected chi connectivity index (χ4v) is 3.51. The van der Waals surface area contributed by atoms with Crippen LogP contribution < -0.4 is 10.6 Å². The molecule has 0 aliphatic carbocycles. The highest BCUT2D eigenvalue weighted by atomic mass is 16.3. The number of nitrogens with zero attached hydrogens (tertiary/aromatic N) is 2. The van der Waals surface area contributed by atoms with Crippen LogP contribution in [0.4, 0.5) is 5.69 Å². The largest absolute Gasteiger partial charge is 0.459 e. The van der Waals surface area contributed by atoms with E-state index in [0.717, 1.165) is 39.5 Å². The second-order valence-corrected chi connectivity index (χ2v) is 7.63. The molecule has 2 aromatic carbocycles. The predicted octanol–water partition coefficient (Wildman–Crippen LogP) is 4.83. The highest BCUT2D eigenvalue weighted by molar-refractivity contribution is 5.93. The molecule has 0 bridgehead atoms. The van der Waals surface area contributed by atoms with Gasteiger partial charge < -0.3 is 9.73 Å². The third kappa shape index (κ3) is 4.00. The highest BCUT2D eigenvalue weighted by Gasteiger charge is 2.17. The number of benzene rings is 2. The van der Waals surface area contributed by atoms with Crippen LogP contribution >= 0.6 is 0 Å². The molecule has 0 saturated heterocycles. The molecular weight excluding hydrogens is 376 g/mol. The molecule has 1 amide bonds. The van der Waals surface area contributed by atoms with Crippen LogP contribution in [0.3, 0.4) is 0 Å². The number of nitrogens with one attached hydrogen (secondary N) is 2. The molecule has 0 spiro atoms. The van der Waals surface area contributed by atoms with E-state index >= 15 is 0 Å². The minimum Gasteiger partial charge on any atom is -0.459 e. The number of carbonyl (C=O) groups is 1. The summed E-state index contributed by atoms with van der Waals surface area (Å²) in [6, 6.07) is 18.0. The molecule has 0 fully saturated rings. The summed E-state index contributed by atoms with van der Waals surface area (Å²) in [7, 11) is 0. The van der Waals surface area contributed by atoms with Crippen molar-refractivity contribution in [3.63, 3.8) is 0 Å². The number of hydrogen-bond acceptors (Lipinski definition) is 4. The number of hydrogen-bond donors (Lipinski definition) is 2. The maximum absolute atomic E-state index is 12.6. The highest BCUT2D eigenvalue weighted by Crippen LogP contribution is 2.24. The molecule has 2 aromatic heterocycles. The SMILES string of the molecule is Cc1ccc(-n2nc(C)c(NC(=O)CNC(C)c3cc4ccccc4o3)c2C)cc1. The van der Waals surface area contributed by atoms with Gasteiger partial charge in [-0.1, -0.05) is 35.9 Å². The standard InChI is InChI=1S/C24H26N4O2/c1-15-9-11-20(12-10-15)28-18(4)24(17(3)27-28)26-23(29)14-25-16(2)22-13-19-7-5-6-8-21(19)30-22/h5-13,16,25H,14H2,1-4H3,(H,26,29). The number of fused-ring (bicyclic) bond motifs is 1. The Bertz CT molecular complexity index is 1150. The third-order valence-electron chi connectivity index (χ3n) is 5.27. The average molecular weight is 402 g/mol. The number of amides is 1. The van der Waals surface area contributed by atoms with Crippen LogP contribution in [0.2, 0.25) is 0 Å². The molecule has 0 radical (unpaired) electrons. The first kappa shape index (κ1) is 19.9. The van der Waals surface area contributed by atoms with Crippen LogP contribution in [-0.2, 0) is 4.79 Å². The lowest BCUT2D eigenvalue weighted by Gasteiger charge is -2.12. The Morgan fingerprint density at radius 2 is 1.83 bits per heavy atom. The molecule has 0 aliphatic heterocycles. The van der Waals surface area contributed by atoms with Crippen molar-refractivity contribution < 1.29 is 9.21 Å². The summed E-state index contributed by atoms with van der Waals surface area (Å²) in [6.07, 6.45) is 0. The molecule has 0 saturated carbocycles. The smallest absolute Gasteiger partial charge is 0.238 e. The Labute approximate surface area is 175 Å². The quantitative estimate of drug-likeness (QED) is 0.484. The number of anilines is 1. The van der Waals surface area contributed by atoms with Crippen LogP contribution in [0.15, 0.2) is 59.0 Å². The molecule has 1 atom stereocenters. The van der Waals surface area contributed by atoms with Gasteiger partial charge in [-0.25, -0.2) is 4.68 Å². The topological polar surface area (TPSA) is 72.1 Å². The van der Waals surface area contributed by atoms with Crippen molar-refractivity contribution in [2.24, 2.45) is 0 Å². The van der Waals surface area contributed by atoms with E-state index in [-0.39, 0.29) is 18.5 Å². The minimum atomic E-state index is -0.118. The number of aryl methyl sites for hydroxylation is 2. The predicted molar refractivity (Wildman–Crippen MR) is 119 cm³/mol. The summed E-state index contributed by atoms with van der Waals surface area (Å²) in [6.45, 7) is 8.07. The summed E-state index contributed by atoms with van der Waals surface area (Å²) in [5, 5.41) is 11.9. The molecule has 154 valence electrons. The number of para-hydroxylation sites is 1. The van der Waals surface area contributed by atoms with Crippen molar-refractivity contribution in [1.29, 1.82) is 0 Å². The van der Waals surface area contributed by atoms with E-state index in [2.05, 4.69) is 22.7 Å². The lowest BCUT2D eigenvalue weighted by molar-refractivity contribution is -0.115. The van der Waals surface area contributed by atoms with Crippen molar-refractivity contribution in [2.45, 2.75) is 33.7 Å². The van der Waals surface area contributed by atoms with Crippen molar-refractivity contribution >= 4 is 22.6 Å². The van der Waals surface area contributed by atoms with Gasteiger partial charge in [-0.05, 0) is 52.0 Å². The Morgan fingerprint density at radius 1 is 1.10 bits per heavy atom. The molecule has 4 rings (SSSR count). The Kier molecular flexibility index (Phi) is 5.42. The zero-order chi connectivity index (χ0) is 21.3. The van der Waals surface area contributed by atoms with Gasteiger partial charge >= 0.3 is 0 Å². The maximum atomic E-state index is 12.6. The molecule has 4 aromatic rings. The number of furan rings is 1. The fraction of sp³-hybridized carbons (Fsp3) is 0.250. The summed E-state index contributed by atoms with van der Waals surface area (Å²) >= 11 is 0. The molecular formula is C24H26N4O2. The van der Waals surface area contributed by atoms with Gasteiger partial charge in [0.25, 0.3) is 0 Å². The van der Waals surface area contributed by atoms with E-state index in [0.29, 0.717) is 0 Å². The van der Waals surface area contributed by atoms with Gasteiger partial charge in [0.1, 0.15) is 11.3 Å². The first-order valence-corrected chi connectivity index (χ1v) is 10.1. The molecule has 6 heteroatoms. The Morgan fingerprint density at radius 3 is 2.57 bits per heavy atom. The molecule has 2 N–H and O–H groups in total. The van der Waals surface area contributed by atoms with Crippen LogP contribution in [0.25, 0.3) is 16.7 Å². The van der Waals surface area contributed by atoms with Crippen LogP contribution in [-0.4, -0.2) is 22.2 Å². The summed E-state index contributed by atoms with van der Waals surface area (Å²) in [4.78, 5) is 12.6. The molecule has 0 aliphatic rings. The summed E-state index contributed by atoms with van der Waals surface area (Å²) in [5.41, 5.74) is 5.44. The van der Waals surface area contributed by atoms with E-state index < -0.39 is 0 Å². The summed E-state index contributed by atoms with van der Waals surface area (Å²) < 4.78 is 7.73. The van der Waals surface area contributed by atoms with Gasteiger partial charge in [0.15, 0.2) is 0 Å². The molecule has 1 unspecified atom stereocenters. The molecule has 6 nitrogen and oxygen atoms in total. The monoisotopic (exact) mass is 402 g/mol. The van der Waals surface area contributed by atoms with E-state index in [1.165, 1.54) is 5.56 Å². The van der Waals surface area contributed by atoms with E-state index in [1.54, 1.807) is 0 Å². The fourth-order valence-electron chi connectivity index (χ4n) is 3.51. The average Bonchev–Trinajstić information content (AvgIpc) is 3.29. The number of rotatable bonds is 6. The first-order chi connectivity index (χ1) is 14.4.